The first-order chi connectivity index (χ1) is 10.0. The fraction of sp³-hybridized carbons (Fsp3) is 0.133. The molecule has 0 fully saturated rings. The smallest absolute Gasteiger partial charge is 0.336 e. The van der Waals surface area contributed by atoms with Crippen LogP contribution in [0, 0.1) is 13.8 Å². The van der Waals surface area contributed by atoms with Crippen LogP contribution in [-0.4, -0.2) is 10.9 Å². The lowest BCUT2D eigenvalue weighted by molar-refractivity contribution is 0.103. The van der Waals surface area contributed by atoms with Gasteiger partial charge in [-0.15, -0.1) is 11.3 Å². The number of hydrogen-bond acceptors (Lipinski definition) is 5. The van der Waals surface area contributed by atoms with Gasteiger partial charge in [0, 0.05) is 17.1 Å². The van der Waals surface area contributed by atoms with E-state index < -0.39 is 5.63 Å². The van der Waals surface area contributed by atoms with Gasteiger partial charge in [-0.1, -0.05) is 0 Å². The van der Waals surface area contributed by atoms with Gasteiger partial charge in [0.25, 0.3) is 5.91 Å². The van der Waals surface area contributed by atoms with Gasteiger partial charge in [-0.25, -0.2) is 9.78 Å². The lowest BCUT2D eigenvalue weighted by atomic mass is 10.2. The summed E-state index contributed by atoms with van der Waals surface area (Å²) in [5.41, 5.74) is 1.47. The fourth-order valence-electron chi connectivity index (χ4n) is 2.08. The third-order valence-corrected chi connectivity index (χ3v) is 4.06. The molecule has 3 aromatic rings. The van der Waals surface area contributed by atoms with Crippen molar-refractivity contribution in [2.24, 2.45) is 0 Å². The van der Waals surface area contributed by atoms with Crippen LogP contribution in [0.15, 0.2) is 39.5 Å². The molecule has 1 aromatic carbocycles. The average molecular weight is 300 g/mol. The summed E-state index contributed by atoms with van der Waals surface area (Å²) in [6.45, 7) is 3.68. The predicted molar refractivity (Wildman–Crippen MR) is 82.0 cm³/mol. The van der Waals surface area contributed by atoms with E-state index in [1.165, 1.54) is 17.4 Å². The Balaban J connectivity index is 1.91. The molecule has 1 N–H and O–H groups in total. The molecule has 0 aliphatic carbocycles. The predicted octanol–water partition coefficient (Wildman–Crippen LogP) is 3.12. The van der Waals surface area contributed by atoms with Crippen LogP contribution < -0.4 is 10.9 Å². The van der Waals surface area contributed by atoms with Gasteiger partial charge in [-0.3, -0.25) is 4.79 Å². The Labute approximate surface area is 124 Å². The zero-order chi connectivity index (χ0) is 15.0. The molecule has 2 aromatic heterocycles. The molecule has 2 heterocycles. The van der Waals surface area contributed by atoms with Crippen molar-refractivity contribution < 1.29 is 9.21 Å². The quantitative estimate of drug-likeness (QED) is 0.738. The molecule has 6 heteroatoms. The molecule has 0 unspecified atom stereocenters. The van der Waals surface area contributed by atoms with Crippen LogP contribution in [0.2, 0.25) is 0 Å². The van der Waals surface area contributed by atoms with Gasteiger partial charge in [0.2, 0.25) is 0 Å². The molecule has 0 aliphatic heterocycles. The number of anilines is 1. The number of nitrogens with zero attached hydrogens (tertiary/aromatic N) is 1. The van der Waals surface area contributed by atoms with Crippen LogP contribution >= 0.6 is 11.3 Å². The summed E-state index contributed by atoms with van der Waals surface area (Å²) in [4.78, 5) is 28.2. The Bertz CT molecular complexity index is 895. The number of amides is 1. The number of thiazole rings is 1. The van der Waals surface area contributed by atoms with Crippen molar-refractivity contribution in [2.45, 2.75) is 13.8 Å². The SMILES string of the molecule is Cc1nc(C)c(C(=O)Nc2ccc3oc(=O)ccc3c2)s1. The summed E-state index contributed by atoms with van der Waals surface area (Å²) in [7, 11) is 0. The number of carbonyl (C=O) groups excluding carboxylic acids is 1. The summed E-state index contributed by atoms with van der Waals surface area (Å²) < 4.78 is 5.05. The Morgan fingerprint density at radius 2 is 2.05 bits per heavy atom. The highest BCUT2D eigenvalue weighted by molar-refractivity contribution is 7.13. The van der Waals surface area contributed by atoms with Crippen LogP contribution in [0.1, 0.15) is 20.4 Å². The van der Waals surface area contributed by atoms with Gasteiger partial charge in [-0.05, 0) is 38.1 Å². The average Bonchev–Trinajstić information content (AvgIpc) is 2.78. The van der Waals surface area contributed by atoms with Crippen LogP contribution in [0.25, 0.3) is 11.0 Å². The molecule has 0 atom stereocenters. The van der Waals surface area contributed by atoms with Crippen molar-refractivity contribution in [1.82, 2.24) is 4.98 Å². The van der Waals surface area contributed by atoms with Crippen LogP contribution in [0.5, 0.6) is 0 Å². The van der Waals surface area contributed by atoms with Crippen LogP contribution in [0.4, 0.5) is 5.69 Å². The van der Waals surface area contributed by atoms with Gasteiger partial charge < -0.3 is 9.73 Å². The monoisotopic (exact) mass is 300 g/mol. The molecule has 3 rings (SSSR count). The molecule has 5 nitrogen and oxygen atoms in total. The van der Waals surface area contributed by atoms with Crippen molar-refractivity contribution >= 4 is 33.9 Å². The van der Waals surface area contributed by atoms with Gasteiger partial charge in [0.05, 0.1) is 10.7 Å². The number of fused-ring (bicyclic) bond motifs is 1. The summed E-state index contributed by atoms with van der Waals surface area (Å²) in [5, 5.41) is 4.44. The van der Waals surface area contributed by atoms with E-state index >= 15 is 0 Å². The lowest BCUT2D eigenvalue weighted by Gasteiger charge is -2.05. The first-order valence-corrected chi connectivity index (χ1v) is 7.14. The Hall–Kier alpha value is -2.47. The van der Waals surface area contributed by atoms with Gasteiger partial charge in [0.15, 0.2) is 0 Å². The Kier molecular flexibility index (Phi) is 3.31. The van der Waals surface area contributed by atoms with Gasteiger partial charge in [-0.2, -0.15) is 0 Å². The van der Waals surface area contributed by atoms with E-state index in [0.29, 0.717) is 16.1 Å². The number of hydrogen-bond donors (Lipinski definition) is 1. The largest absolute Gasteiger partial charge is 0.423 e. The van der Waals surface area contributed by atoms with E-state index in [2.05, 4.69) is 10.3 Å². The molecular formula is C15H12N2O3S. The minimum atomic E-state index is -0.393. The molecule has 0 saturated carbocycles. The third kappa shape index (κ3) is 2.71. The molecule has 0 spiro atoms. The van der Waals surface area contributed by atoms with Crippen molar-refractivity contribution in [3.05, 3.63) is 56.3 Å². The van der Waals surface area contributed by atoms with E-state index in [4.69, 9.17) is 4.42 Å². The first-order valence-electron chi connectivity index (χ1n) is 6.32. The summed E-state index contributed by atoms with van der Waals surface area (Å²) in [6, 6.07) is 8.15. The standard InChI is InChI=1S/C15H12N2O3S/c1-8-14(21-9(2)16-8)15(19)17-11-4-5-12-10(7-11)3-6-13(18)20-12/h3-7H,1-2H3,(H,17,19). The van der Waals surface area contributed by atoms with E-state index in [0.717, 1.165) is 16.1 Å². The fourth-order valence-corrected chi connectivity index (χ4v) is 2.89. The van der Waals surface area contributed by atoms with Crippen molar-refractivity contribution in [3.8, 4) is 0 Å². The molecule has 21 heavy (non-hydrogen) atoms. The highest BCUT2D eigenvalue weighted by Gasteiger charge is 2.14. The molecule has 0 aliphatic rings. The molecule has 106 valence electrons. The minimum absolute atomic E-state index is 0.185. The molecule has 0 saturated heterocycles. The number of aromatic nitrogens is 1. The van der Waals surface area contributed by atoms with Crippen LogP contribution in [0.3, 0.4) is 0 Å². The second-order valence-electron chi connectivity index (χ2n) is 4.61. The Morgan fingerprint density at radius 1 is 1.24 bits per heavy atom. The first kappa shape index (κ1) is 13.5. The van der Waals surface area contributed by atoms with Crippen molar-refractivity contribution in [3.63, 3.8) is 0 Å². The number of rotatable bonds is 2. The third-order valence-electron chi connectivity index (χ3n) is 2.99. The van der Waals surface area contributed by atoms with Crippen LogP contribution in [-0.2, 0) is 0 Å². The number of aryl methyl sites for hydroxylation is 2. The van der Waals surface area contributed by atoms with Crippen molar-refractivity contribution in [2.75, 3.05) is 5.32 Å². The lowest BCUT2D eigenvalue weighted by Crippen LogP contribution is -2.11. The normalized spacial score (nSPS) is 10.8. The van der Waals surface area contributed by atoms with E-state index in [9.17, 15) is 9.59 Å². The second kappa shape index (κ2) is 5.14. The van der Waals surface area contributed by atoms with E-state index in [1.807, 2.05) is 13.8 Å². The van der Waals surface area contributed by atoms with Gasteiger partial charge in [0.1, 0.15) is 10.5 Å². The maximum Gasteiger partial charge on any atom is 0.336 e. The Morgan fingerprint density at radius 3 is 2.76 bits per heavy atom. The summed E-state index contributed by atoms with van der Waals surface area (Å²) in [5.74, 6) is -0.185. The molecule has 0 radical (unpaired) electrons. The second-order valence-corrected chi connectivity index (χ2v) is 5.81. The zero-order valence-corrected chi connectivity index (χ0v) is 12.3. The summed E-state index contributed by atoms with van der Waals surface area (Å²) in [6.07, 6.45) is 0. The highest BCUT2D eigenvalue weighted by atomic mass is 32.1. The van der Waals surface area contributed by atoms with E-state index in [-0.39, 0.29) is 5.91 Å². The maximum atomic E-state index is 12.2. The van der Waals surface area contributed by atoms with Gasteiger partial charge >= 0.3 is 5.63 Å². The highest BCUT2D eigenvalue weighted by Crippen LogP contribution is 2.21. The number of benzene rings is 1. The number of nitrogens with one attached hydrogen (secondary N) is 1. The topological polar surface area (TPSA) is 72.2 Å². The van der Waals surface area contributed by atoms with E-state index in [1.54, 1.807) is 24.3 Å². The number of carbonyl (C=O) groups is 1. The maximum absolute atomic E-state index is 12.2. The van der Waals surface area contributed by atoms with Crippen molar-refractivity contribution in [1.29, 1.82) is 0 Å². The minimum Gasteiger partial charge on any atom is -0.423 e. The zero-order valence-electron chi connectivity index (χ0n) is 11.5. The molecule has 0 bridgehead atoms. The molecular weight excluding hydrogens is 288 g/mol. The summed E-state index contributed by atoms with van der Waals surface area (Å²) >= 11 is 1.36. The molecule has 1 amide bonds.